The van der Waals surface area contributed by atoms with Crippen molar-refractivity contribution in [2.75, 3.05) is 4.90 Å². The number of amides is 1. The lowest BCUT2D eigenvalue weighted by molar-refractivity contribution is 0.0983. The zero-order chi connectivity index (χ0) is 15.3. The van der Waals surface area contributed by atoms with Crippen LogP contribution in [0.1, 0.15) is 22.8 Å². The van der Waals surface area contributed by atoms with Crippen molar-refractivity contribution in [1.82, 2.24) is 4.98 Å². The summed E-state index contributed by atoms with van der Waals surface area (Å²) in [6, 6.07) is 13.8. The van der Waals surface area contributed by atoms with Gasteiger partial charge in [-0.2, -0.15) is 0 Å². The molecule has 1 N–H and O–H groups in total. The smallest absolute Gasteiger partial charge is 0.260 e. The van der Waals surface area contributed by atoms with Crippen molar-refractivity contribution in [3.63, 3.8) is 0 Å². The summed E-state index contributed by atoms with van der Waals surface area (Å²) in [5.41, 5.74) is 3.83. The molecule has 0 fully saturated rings. The van der Waals surface area contributed by atoms with Gasteiger partial charge in [-0.3, -0.25) is 4.79 Å². The van der Waals surface area contributed by atoms with Crippen molar-refractivity contribution >= 4 is 34.1 Å². The molecule has 0 bridgehead atoms. The maximum atomic E-state index is 13.1. The first-order valence-electron chi connectivity index (χ1n) is 7.33. The minimum Gasteiger partial charge on any atom is -0.360 e. The summed E-state index contributed by atoms with van der Waals surface area (Å²) >= 11 is 6.08. The van der Waals surface area contributed by atoms with E-state index < -0.39 is 0 Å². The van der Waals surface area contributed by atoms with Crippen LogP contribution in [0, 0.1) is 0 Å². The summed E-state index contributed by atoms with van der Waals surface area (Å²) < 4.78 is 0. The Kier molecular flexibility index (Phi) is 2.98. The Balaban J connectivity index is 1.82. The van der Waals surface area contributed by atoms with Gasteiger partial charge in [-0.05, 0) is 43.2 Å². The predicted molar refractivity (Wildman–Crippen MR) is 89.7 cm³/mol. The molecule has 2 aromatic carbocycles. The molecular formula is C18H15ClN2O. The van der Waals surface area contributed by atoms with Crippen molar-refractivity contribution in [1.29, 1.82) is 0 Å². The summed E-state index contributed by atoms with van der Waals surface area (Å²) in [7, 11) is 0. The SMILES string of the molecule is CC1Cc2ccccc2N1C(=O)c1c[nH]c2ccc(Cl)cc12. The Hall–Kier alpha value is -2.26. The van der Waals surface area contributed by atoms with Gasteiger partial charge in [-0.25, -0.2) is 0 Å². The number of rotatable bonds is 1. The molecule has 0 radical (unpaired) electrons. The van der Waals surface area contributed by atoms with E-state index in [0.29, 0.717) is 10.6 Å². The highest BCUT2D eigenvalue weighted by Gasteiger charge is 2.32. The van der Waals surface area contributed by atoms with Crippen LogP contribution in [0.5, 0.6) is 0 Å². The van der Waals surface area contributed by atoms with Gasteiger partial charge in [0.05, 0.1) is 5.56 Å². The molecule has 0 aliphatic carbocycles. The van der Waals surface area contributed by atoms with Crippen molar-refractivity contribution in [3.8, 4) is 0 Å². The molecule has 3 aromatic rings. The average Bonchev–Trinajstić information content (AvgIpc) is 3.06. The molecule has 3 nitrogen and oxygen atoms in total. The normalized spacial score (nSPS) is 17.0. The van der Waals surface area contributed by atoms with E-state index in [1.54, 1.807) is 6.20 Å². The molecule has 1 amide bonds. The molecule has 1 unspecified atom stereocenters. The molecule has 1 aliphatic heterocycles. The lowest BCUT2D eigenvalue weighted by Gasteiger charge is -2.22. The molecule has 0 saturated carbocycles. The molecule has 1 aliphatic rings. The highest BCUT2D eigenvalue weighted by molar-refractivity contribution is 6.31. The van der Waals surface area contributed by atoms with E-state index in [4.69, 9.17) is 11.6 Å². The maximum absolute atomic E-state index is 13.1. The number of carbonyl (C=O) groups is 1. The lowest BCUT2D eigenvalue weighted by Crippen LogP contribution is -2.35. The molecule has 110 valence electrons. The minimum absolute atomic E-state index is 0.0194. The minimum atomic E-state index is 0.0194. The van der Waals surface area contributed by atoms with Crippen LogP contribution in [0.2, 0.25) is 5.02 Å². The van der Waals surface area contributed by atoms with Crippen molar-refractivity contribution < 1.29 is 4.79 Å². The zero-order valence-corrected chi connectivity index (χ0v) is 12.9. The van der Waals surface area contributed by atoms with Crippen molar-refractivity contribution in [3.05, 3.63) is 64.8 Å². The molecule has 0 saturated heterocycles. The monoisotopic (exact) mass is 310 g/mol. The molecule has 4 heteroatoms. The van der Waals surface area contributed by atoms with Crippen LogP contribution in [0.25, 0.3) is 10.9 Å². The van der Waals surface area contributed by atoms with E-state index in [2.05, 4.69) is 18.0 Å². The number of aromatic amines is 1. The van der Waals surface area contributed by atoms with Gasteiger partial charge in [-0.1, -0.05) is 29.8 Å². The third-order valence-corrected chi connectivity index (χ3v) is 4.54. The number of hydrogen-bond acceptors (Lipinski definition) is 1. The number of benzene rings is 2. The van der Waals surface area contributed by atoms with Gasteiger partial charge < -0.3 is 9.88 Å². The molecule has 1 aromatic heterocycles. The van der Waals surface area contributed by atoms with Crippen LogP contribution < -0.4 is 4.90 Å². The number of nitrogens with zero attached hydrogens (tertiary/aromatic N) is 1. The Morgan fingerprint density at radius 3 is 2.95 bits per heavy atom. The number of nitrogens with one attached hydrogen (secondary N) is 1. The summed E-state index contributed by atoms with van der Waals surface area (Å²) in [5.74, 6) is 0.0194. The first kappa shape index (κ1) is 13.4. The average molecular weight is 311 g/mol. The number of halogens is 1. The number of fused-ring (bicyclic) bond motifs is 2. The van der Waals surface area contributed by atoms with E-state index in [1.165, 1.54) is 5.56 Å². The third kappa shape index (κ3) is 1.93. The van der Waals surface area contributed by atoms with E-state index >= 15 is 0 Å². The van der Waals surface area contributed by atoms with Gasteiger partial charge in [-0.15, -0.1) is 0 Å². The molecule has 22 heavy (non-hydrogen) atoms. The van der Waals surface area contributed by atoms with Crippen LogP contribution in [0.4, 0.5) is 5.69 Å². The van der Waals surface area contributed by atoms with Crippen LogP contribution >= 0.6 is 11.6 Å². The van der Waals surface area contributed by atoms with Gasteiger partial charge >= 0.3 is 0 Å². The van der Waals surface area contributed by atoms with Crippen LogP contribution in [0.15, 0.2) is 48.7 Å². The van der Waals surface area contributed by atoms with Gasteiger partial charge in [0.15, 0.2) is 0 Å². The fourth-order valence-corrected chi connectivity index (χ4v) is 3.45. The quantitative estimate of drug-likeness (QED) is 0.710. The second-order valence-electron chi connectivity index (χ2n) is 5.75. The van der Waals surface area contributed by atoms with Gasteiger partial charge in [0.1, 0.15) is 0 Å². The lowest BCUT2D eigenvalue weighted by atomic mass is 10.1. The van der Waals surface area contributed by atoms with Crippen molar-refractivity contribution in [2.24, 2.45) is 0 Å². The Morgan fingerprint density at radius 1 is 1.27 bits per heavy atom. The van der Waals surface area contributed by atoms with E-state index in [9.17, 15) is 4.79 Å². The molecular weight excluding hydrogens is 296 g/mol. The summed E-state index contributed by atoms with van der Waals surface area (Å²) in [5, 5.41) is 1.50. The van der Waals surface area contributed by atoms with E-state index in [1.807, 2.05) is 41.3 Å². The summed E-state index contributed by atoms with van der Waals surface area (Å²) in [6.45, 7) is 2.08. The topological polar surface area (TPSA) is 36.1 Å². The largest absolute Gasteiger partial charge is 0.360 e. The summed E-state index contributed by atoms with van der Waals surface area (Å²) in [4.78, 5) is 18.1. The van der Waals surface area contributed by atoms with Gasteiger partial charge in [0, 0.05) is 33.9 Å². The zero-order valence-electron chi connectivity index (χ0n) is 12.1. The summed E-state index contributed by atoms with van der Waals surface area (Å²) in [6.07, 6.45) is 2.67. The second kappa shape index (κ2) is 4.89. The third-order valence-electron chi connectivity index (χ3n) is 4.30. The van der Waals surface area contributed by atoms with Crippen molar-refractivity contribution in [2.45, 2.75) is 19.4 Å². The first-order valence-corrected chi connectivity index (χ1v) is 7.71. The van der Waals surface area contributed by atoms with Crippen LogP contribution in [-0.2, 0) is 6.42 Å². The van der Waals surface area contributed by atoms with E-state index in [0.717, 1.165) is 23.0 Å². The number of aromatic nitrogens is 1. The Morgan fingerprint density at radius 2 is 2.09 bits per heavy atom. The Bertz CT molecular complexity index is 884. The van der Waals surface area contributed by atoms with Gasteiger partial charge in [0.2, 0.25) is 0 Å². The van der Waals surface area contributed by atoms with E-state index in [-0.39, 0.29) is 11.9 Å². The number of anilines is 1. The molecule has 2 heterocycles. The second-order valence-corrected chi connectivity index (χ2v) is 6.19. The Labute approximate surface area is 133 Å². The number of H-pyrrole nitrogens is 1. The maximum Gasteiger partial charge on any atom is 0.260 e. The standard InChI is InChI=1S/C18H15ClN2O/c1-11-8-12-4-2-3-5-17(12)21(11)18(22)15-10-20-16-7-6-13(19)9-14(15)16/h2-7,9-11,20H,8H2,1H3. The predicted octanol–water partition coefficient (Wildman–Crippen LogP) is 4.41. The molecule has 4 rings (SSSR count). The molecule has 0 spiro atoms. The molecule has 1 atom stereocenters. The highest BCUT2D eigenvalue weighted by Crippen LogP contribution is 2.34. The van der Waals surface area contributed by atoms with Crippen LogP contribution in [0.3, 0.4) is 0 Å². The fraction of sp³-hybridized carbons (Fsp3) is 0.167. The van der Waals surface area contributed by atoms with Crippen LogP contribution in [-0.4, -0.2) is 16.9 Å². The number of hydrogen-bond donors (Lipinski definition) is 1. The first-order chi connectivity index (χ1) is 10.6. The highest BCUT2D eigenvalue weighted by atomic mass is 35.5. The number of carbonyl (C=O) groups excluding carboxylic acids is 1. The fourth-order valence-electron chi connectivity index (χ4n) is 3.27. The van der Waals surface area contributed by atoms with Gasteiger partial charge in [0.25, 0.3) is 5.91 Å². The number of para-hydroxylation sites is 1.